The molecule has 4 N–H and O–H groups in total. The van der Waals surface area contributed by atoms with E-state index in [0.717, 1.165) is 0 Å². The van der Waals surface area contributed by atoms with E-state index in [1.54, 1.807) is 17.6 Å². The molecular weight excluding hydrogens is 228 g/mol. The summed E-state index contributed by atoms with van der Waals surface area (Å²) in [6.45, 7) is 0. The van der Waals surface area contributed by atoms with Gasteiger partial charge >= 0.3 is 5.97 Å². The van der Waals surface area contributed by atoms with Crippen molar-refractivity contribution in [3.05, 3.63) is 39.9 Å². The molecule has 1 aromatic carbocycles. The molecular formula is C9H10N4O4. The molecule has 0 saturated carbocycles. The number of hydrogen-bond donors (Lipinski definition) is 3. The number of aliphatic imine (C=N–C) groups is 1. The standard InChI is InChI=1S/C9H10N4O4/c10-9(12-13(16)17)11-7-3-1-6(2-4-7)5-8(14)15/h1-4H,5H2,(H,14,15)(H3,10,11,12). The van der Waals surface area contributed by atoms with E-state index in [4.69, 9.17) is 10.8 Å². The molecule has 0 heterocycles. The van der Waals surface area contributed by atoms with Gasteiger partial charge in [0.15, 0.2) is 5.03 Å². The van der Waals surface area contributed by atoms with Crippen LogP contribution in [0.5, 0.6) is 0 Å². The Hall–Kier alpha value is -2.64. The monoisotopic (exact) mass is 238 g/mol. The molecule has 0 radical (unpaired) electrons. The molecule has 0 atom stereocenters. The summed E-state index contributed by atoms with van der Waals surface area (Å²) in [5.74, 6) is -1.28. The molecule has 1 aromatic rings. The molecule has 90 valence electrons. The highest BCUT2D eigenvalue weighted by molar-refractivity contribution is 5.79. The summed E-state index contributed by atoms with van der Waals surface area (Å²) in [5.41, 5.74) is 7.93. The molecule has 0 amide bonds. The molecule has 0 spiro atoms. The predicted octanol–water partition coefficient (Wildman–Crippen LogP) is 0.0412. The van der Waals surface area contributed by atoms with Gasteiger partial charge in [0.05, 0.1) is 12.1 Å². The second-order valence-electron chi connectivity index (χ2n) is 3.10. The Bertz CT molecular complexity index is 455. The number of hydrogen-bond acceptors (Lipinski definition) is 4. The van der Waals surface area contributed by atoms with Crippen LogP contribution >= 0.6 is 0 Å². The molecule has 17 heavy (non-hydrogen) atoms. The SMILES string of the molecule is NC(=Nc1ccc(CC(=O)O)cc1)N[N+](=O)[O-]. The van der Waals surface area contributed by atoms with Crippen molar-refractivity contribution in [2.75, 3.05) is 0 Å². The number of nitrogens with two attached hydrogens (primary N) is 1. The topological polar surface area (TPSA) is 131 Å². The summed E-state index contributed by atoms with van der Waals surface area (Å²) in [6.07, 6.45) is -0.0907. The number of aliphatic carboxylic acids is 1. The third kappa shape index (κ3) is 4.60. The van der Waals surface area contributed by atoms with E-state index in [2.05, 4.69) is 4.99 Å². The number of nitrogens with one attached hydrogen (secondary N) is 1. The van der Waals surface area contributed by atoms with Gasteiger partial charge in [0.25, 0.3) is 5.96 Å². The largest absolute Gasteiger partial charge is 0.481 e. The summed E-state index contributed by atoms with van der Waals surface area (Å²) >= 11 is 0. The lowest BCUT2D eigenvalue weighted by Gasteiger charge is -1.99. The number of carboxylic acids is 1. The lowest BCUT2D eigenvalue weighted by Crippen LogP contribution is -2.35. The van der Waals surface area contributed by atoms with Crippen molar-refractivity contribution in [1.29, 1.82) is 0 Å². The van der Waals surface area contributed by atoms with Crippen LogP contribution in [-0.4, -0.2) is 22.1 Å². The zero-order chi connectivity index (χ0) is 12.8. The molecule has 0 bridgehead atoms. The minimum Gasteiger partial charge on any atom is -0.481 e. The van der Waals surface area contributed by atoms with E-state index < -0.39 is 11.0 Å². The van der Waals surface area contributed by atoms with Gasteiger partial charge in [-0.1, -0.05) is 17.6 Å². The fourth-order valence-corrected chi connectivity index (χ4v) is 1.12. The van der Waals surface area contributed by atoms with Crippen LogP contribution in [0.2, 0.25) is 0 Å². The maximum atomic E-state index is 10.4. The second kappa shape index (κ2) is 5.45. The maximum absolute atomic E-state index is 10.4. The maximum Gasteiger partial charge on any atom is 0.307 e. The number of hydrazine groups is 1. The number of carboxylic acid groups (broad SMARTS) is 1. The zero-order valence-electron chi connectivity index (χ0n) is 8.66. The number of nitro groups is 1. The van der Waals surface area contributed by atoms with Crippen LogP contribution in [0.25, 0.3) is 0 Å². The van der Waals surface area contributed by atoms with Crippen LogP contribution in [0, 0.1) is 10.1 Å². The van der Waals surface area contributed by atoms with Gasteiger partial charge in [0, 0.05) is 0 Å². The second-order valence-corrected chi connectivity index (χ2v) is 3.10. The normalized spacial score (nSPS) is 10.9. The van der Waals surface area contributed by atoms with Crippen LogP contribution in [0.15, 0.2) is 29.3 Å². The van der Waals surface area contributed by atoms with Gasteiger partial charge < -0.3 is 10.8 Å². The van der Waals surface area contributed by atoms with Crippen LogP contribution < -0.4 is 11.2 Å². The Labute approximate surface area is 95.9 Å². The van der Waals surface area contributed by atoms with E-state index in [-0.39, 0.29) is 12.4 Å². The molecule has 0 fully saturated rings. The van der Waals surface area contributed by atoms with Gasteiger partial charge in [-0.3, -0.25) is 4.79 Å². The van der Waals surface area contributed by atoms with E-state index in [1.165, 1.54) is 12.1 Å². The molecule has 0 aliphatic heterocycles. The first-order chi connectivity index (χ1) is 7.97. The summed E-state index contributed by atoms with van der Waals surface area (Å²) in [7, 11) is 0. The smallest absolute Gasteiger partial charge is 0.307 e. The molecule has 8 nitrogen and oxygen atoms in total. The third-order valence-electron chi connectivity index (χ3n) is 1.75. The fraction of sp³-hybridized carbons (Fsp3) is 0.111. The molecule has 0 aliphatic carbocycles. The van der Waals surface area contributed by atoms with Crippen LogP contribution in [0.1, 0.15) is 5.56 Å². The van der Waals surface area contributed by atoms with E-state index in [0.29, 0.717) is 11.3 Å². The van der Waals surface area contributed by atoms with Gasteiger partial charge in [-0.15, -0.1) is 0 Å². The van der Waals surface area contributed by atoms with Gasteiger partial charge in [0.1, 0.15) is 0 Å². The molecule has 0 saturated heterocycles. The lowest BCUT2D eigenvalue weighted by atomic mass is 10.1. The van der Waals surface area contributed by atoms with E-state index >= 15 is 0 Å². The summed E-state index contributed by atoms with van der Waals surface area (Å²) in [6, 6.07) is 6.16. The lowest BCUT2D eigenvalue weighted by molar-refractivity contribution is -0.525. The highest BCUT2D eigenvalue weighted by Gasteiger charge is 2.02. The zero-order valence-corrected chi connectivity index (χ0v) is 8.66. The van der Waals surface area contributed by atoms with E-state index in [9.17, 15) is 14.9 Å². The number of carbonyl (C=O) groups is 1. The quantitative estimate of drug-likeness (QED) is 0.294. The number of rotatable bonds is 4. The molecule has 0 unspecified atom stereocenters. The molecule has 1 rings (SSSR count). The number of benzene rings is 1. The minimum absolute atomic E-state index is 0.0907. The summed E-state index contributed by atoms with van der Waals surface area (Å²) in [5, 5.41) is 17.8. The van der Waals surface area contributed by atoms with Crippen LogP contribution in [0.4, 0.5) is 5.69 Å². The average molecular weight is 238 g/mol. The summed E-state index contributed by atoms with van der Waals surface area (Å²) in [4.78, 5) is 24.2. The Balaban J connectivity index is 2.74. The third-order valence-corrected chi connectivity index (χ3v) is 1.75. The molecule has 0 aromatic heterocycles. The molecule has 0 aliphatic rings. The van der Waals surface area contributed by atoms with Crippen molar-refractivity contribution >= 4 is 17.6 Å². The Morgan fingerprint density at radius 1 is 1.47 bits per heavy atom. The number of guanidine groups is 1. The van der Waals surface area contributed by atoms with Crippen molar-refractivity contribution in [3.63, 3.8) is 0 Å². The fourth-order valence-electron chi connectivity index (χ4n) is 1.12. The van der Waals surface area contributed by atoms with Crippen molar-refractivity contribution < 1.29 is 14.9 Å². The van der Waals surface area contributed by atoms with Crippen molar-refractivity contribution in [3.8, 4) is 0 Å². The number of nitrogens with zero attached hydrogens (tertiary/aromatic N) is 2. The van der Waals surface area contributed by atoms with E-state index in [1.807, 2.05) is 0 Å². The van der Waals surface area contributed by atoms with Crippen LogP contribution in [-0.2, 0) is 11.2 Å². The first kappa shape index (κ1) is 12.4. The van der Waals surface area contributed by atoms with Crippen molar-refractivity contribution in [2.24, 2.45) is 10.7 Å². The average Bonchev–Trinajstić information content (AvgIpc) is 2.18. The first-order valence-electron chi connectivity index (χ1n) is 4.53. The van der Waals surface area contributed by atoms with Crippen molar-refractivity contribution in [2.45, 2.75) is 6.42 Å². The van der Waals surface area contributed by atoms with Gasteiger partial charge in [0.2, 0.25) is 0 Å². The Morgan fingerprint density at radius 3 is 2.53 bits per heavy atom. The van der Waals surface area contributed by atoms with Gasteiger partial charge in [-0.2, -0.15) is 0 Å². The Kier molecular flexibility index (Phi) is 3.98. The van der Waals surface area contributed by atoms with Crippen molar-refractivity contribution in [1.82, 2.24) is 5.43 Å². The first-order valence-corrected chi connectivity index (χ1v) is 4.53. The highest BCUT2D eigenvalue weighted by Crippen LogP contribution is 2.13. The predicted molar refractivity (Wildman–Crippen MR) is 59.2 cm³/mol. The van der Waals surface area contributed by atoms with Gasteiger partial charge in [-0.25, -0.2) is 15.1 Å². The van der Waals surface area contributed by atoms with Crippen LogP contribution in [0.3, 0.4) is 0 Å². The van der Waals surface area contributed by atoms with Gasteiger partial charge in [-0.05, 0) is 17.7 Å². The molecule has 8 heteroatoms. The minimum atomic E-state index is -0.934. The summed E-state index contributed by atoms with van der Waals surface area (Å²) < 4.78 is 0. The highest BCUT2D eigenvalue weighted by atomic mass is 16.7. The Morgan fingerprint density at radius 2 is 2.06 bits per heavy atom.